The largest absolute Gasteiger partial charge is 0.462 e. The van der Waals surface area contributed by atoms with E-state index in [1.807, 2.05) is 24.5 Å². The lowest BCUT2D eigenvalue weighted by molar-refractivity contribution is -0.160. The van der Waals surface area contributed by atoms with Crippen LogP contribution in [0.5, 0.6) is 0 Å². The lowest BCUT2D eigenvalue weighted by atomic mass is 10.0. The molecule has 184 valence electrons. The van der Waals surface area contributed by atoms with Gasteiger partial charge in [0.2, 0.25) is 0 Å². The molecule has 9 heteroatoms. The third kappa shape index (κ3) is 5.92. The van der Waals surface area contributed by atoms with Crippen LogP contribution in [0.4, 0.5) is 4.39 Å². The Morgan fingerprint density at radius 3 is 2.71 bits per heavy atom. The lowest BCUT2D eigenvalue weighted by Crippen LogP contribution is -2.33. The van der Waals surface area contributed by atoms with Crippen LogP contribution in [-0.2, 0) is 22.6 Å². The van der Waals surface area contributed by atoms with Crippen molar-refractivity contribution in [2.45, 2.75) is 64.3 Å². The number of carbonyl (C=O) groups excluding carboxylic acids is 2. The van der Waals surface area contributed by atoms with Crippen LogP contribution in [0, 0.1) is 5.82 Å². The van der Waals surface area contributed by atoms with Crippen LogP contribution in [0.15, 0.2) is 48.8 Å². The minimum Gasteiger partial charge on any atom is -0.462 e. The number of aliphatic hydroxyl groups excluding tert-OH is 1. The Hall–Kier alpha value is -3.59. The Morgan fingerprint density at radius 2 is 2.06 bits per heavy atom. The molecule has 4 rings (SSSR count). The number of amides is 1. The highest BCUT2D eigenvalue weighted by Gasteiger charge is 2.29. The van der Waals surface area contributed by atoms with Crippen LogP contribution in [0.2, 0.25) is 0 Å². The van der Waals surface area contributed by atoms with Gasteiger partial charge in [-0.2, -0.15) is 0 Å². The number of nitrogens with one attached hydrogen (secondary N) is 1. The first-order valence-electron chi connectivity index (χ1n) is 11.7. The van der Waals surface area contributed by atoms with Crippen LogP contribution in [0.25, 0.3) is 11.4 Å². The van der Waals surface area contributed by atoms with Crippen LogP contribution in [0.3, 0.4) is 0 Å². The number of ether oxygens (including phenoxy) is 1. The molecule has 1 aliphatic heterocycles. The van der Waals surface area contributed by atoms with Gasteiger partial charge in [0.05, 0.1) is 18.2 Å². The zero-order chi connectivity index (χ0) is 24.9. The van der Waals surface area contributed by atoms with Gasteiger partial charge in [0.1, 0.15) is 23.4 Å². The molecule has 0 spiro atoms. The van der Waals surface area contributed by atoms with Gasteiger partial charge in [-0.05, 0) is 41.8 Å². The lowest BCUT2D eigenvalue weighted by Gasteiger charge is -2.26. The molecule has 35 heavy (non-hydrogen) atoms. The number of aromatic nitrogens is 3. The minimum absolute atomic E-state index is 0.000895. The molecule has 0 aliphatic carbocycles. The first-order valence-corrected chi connectivity index (χ1v) is 11.7. The summed E-state index contributed by atoms with van der Waals surface area (Å²) in [4.78, 5) is 33.8. The van der Waals surface area contributed by atoms with Crippen LogP contribution >= 0.6 is 0 Å². The molecule has 1 aliphatic rings. The number of halogens is 1. The highest BCUT2D eigenvalue weighted by molar-refractivity contribution is 5.94. The Bertz CT molecular complexity index is 1180. The van der Waals surface area contributed by atoms with Gasteiger partial charge in [0.15, 0.2) is 0 Å². The molecule has 0 bridgehead atoms. The normalized spacial score (nSPS) is 17.9. The summed E-state index contributed by atoms with van der Waals surface area (Å²) in [5, 5.41) is 12.9. The molecule has 1 amide bonds. The third-order valence-electron chi connectivity index (χ3n) is 5.96. The van der Waals surface area contributed by atoms with Gasteiger partial charge >= 0.3 is 5.97 Å². The average Bonchev–Trinajstić information content (AvgIpc) is 3.22. The Balaban J connectivity index is 1.66. The van der Waals surface area contributed by atoms with Crippen molar-refractivity contribution < 1.29 is 23.8 Å². The summed E-state index contributed by atoms with van der Waals surface area (Å²) >= 11 is 0. The second-order valence-electron chi connectivity index (χ2n) is 9.02. The number of imidazole rings is 1. The Labute approximate surface area is 203 Å². The van der Waals surface area contributed by atoms with Crippen molar-refractivity contribution in [3.63, 3.8) is 0 Å². The van der Waals surface area contributed by atoms with Crippen molar-refractivity contribution in [1.82, 2.24) is 19.9 Å². The van der Waals surface area contributed by atoms with E-state index in [1.165, 1.54) is 12.1 Å². The van der Waals surface area contributed by atoms with Gasteiger partial charge < -0.3 is 19.7 Å². The van der Waals surface area contributed by atoms with E-state index in [-0.39, 0.29) is 24.1 Å². The molecule has 1 fully saturated rings. The summed E-state index contributed by atoms with van der Waals surface area (Å²) in [6, 6.07) is 9.63. The second-order valence-corrected chi connectivity index (χ2v) is 9.02. The van der Waals surface area contributed by atoms with Gasteiger partial charge in [-0.25, -0.2) is 9.37 Å². The fraction of sp³-hybridized carbons (Fsp3) is 0.385. The van der Waals surface area contributed by atoms with Gasteiger partial charge in [-0.15, -0.1) is 0 Å². The maximum atomic E-state index is 13.6. The van der Waals surface area contributed by atoms with Crippen molar-refractivity contribution in [3.8, 4) is 11.4 Å². The first kappa shape index (κ1) is 24.5. The number of cyclic esters (lactones) is 1. The van der Waals surface area contributed by atoms with E-state index < -0.39 is 18.2 Å². The number of hydrogen-bond acceptors (Lipinski definition) is 6. The number of pyridine rings is 1. The maximum Gasteiger partial charge on any atom is 0.308 e. The first-order chi connectivity index (χ1) is 16.8. The molecule has 3 heterocycles. The molecule has 0 unspecified atom stereocenters. The number of benzene rings is 1. The van der Waals surface area contributed by atoms with Gasteiger partial charge in [0, 0.05) is 43.9 Å². The summed E-state index contributed by atoms with van der Waals surface area (Å²) < 4.78 is 21.0. The van der Waals surface area contributed by atoms with Crippen molar-refractivity contribution in [3.05, 3.63) is 71.6 Å². The monoisotopic (exact) mass is 480 g/mol. The summed E-state index contributed by atoms with van der Waals surface area (Å²) in [5.41, 5.74) is 2.56. The molecular weight excluding hydrogens is 451 g/mol. The zero-order valence-corrected chi connectivity index (χ0v) is 19.8. The Morgan fingerprint density at radius 1 is 1.29 bits per heavy atom. The summed E-state index contributed by atoms with van der Waals surface area (Å²) in [7, 11) is 0. The van der Waals surface area contributed by atoms with E-state index in [0.29, 0.717) is 43.0 Å². The molecule has 0 saturated carbocycles. The summed E-state index contributed by atoms with van der Waals surface area (Å²) in [5.74, 6) is -0.622. The van der Waals surface area contributed by atoms with E-state index in [0.717, 1.165) is 11.3 Å². The number of carbonyl (C=O) groups is 2. The number of rotatable bonds is 8. The summed E-state index contributed by atoms with van der Waals surface area (Å²) in [6.45, 7) is 4.67. The highest BCUT2D eigenvalue weighted by atomic mass is 19.1. The van der Waals surface area contributed by atoms with Crippen LogP contribution in [-0.4, -0.2) is 43.7 Å². The molecule has 2 atom stereocenters. The Kier molecular flexibility index (Phi) is 7.55. The van der Waals surface area contributed by atoms with Crippen LogP contribution < -0.4 is 5.32 Å². The number of nitrogens with zero attached hydrogens (tertiary/aromatic N) is 3. The van der Waals surface area contributed by atoms with Crippen molar-refractivity contribution in [2.24, 2.45) is 0 Å². The smallest absolute Gasteiger partial charge is 0.308 e. The quantitative estimate of drug-likeness (QED) is 0.477. The van der Waals surface area contributed by atoms with Gasteiger partial charge in [0.25, 0.3) is 5.91 Å². The predicted molar refractivity (Wildman–Crippen MR) is 127 cm³/mol. The molecule has 2 aromatic heterocycles. The molecular formula is C26H29FN4O4. The standard InChI is InChI=1S/C26H29FN4O4/c1-16(2)24-23(26(34)29-15-17-4-3-10-28-14-17)30-25(18-5-7-19(27)8-6-18)31(24)11-9-21-12-20(32)13-22(33)35-21/h3-8,10,14,16,20-21,32H,9,11-13,15H2,1-2H3,(H,29,34)/t20-,21-/m1/s1. The fourth-order valence-corrected chi connectivity index (χ4v) is 4.34. The predicted octanol–water partition coefficient (Wildman–Crippen LogP) is 3.59. The van der Waals surface area contributed by atoms with Crippen LogP contribution in [0.1, 0.15) is 60.8 Å². The molecule has 3 aromatic rings. The van der Waals surface area contributed by atoms with Crippen molar-refractivity contribution in [2.75, 3.05) is 0 Å². The SMILES string of the molecule is CC(C)c1c(C(=O)NCc2cccnc2)nc(-c2ccc(F)cc2)n1CC[C@@H]1C[C@@H](O)CC(=O)O1. The summed E-state index contributed by atoms with van der Waals surface area (Å²) in [6.07, 6.45) is 3.01. The topological polar surface area (TPSA) is 106 Å². The highest BCUT2D eigenvalue weighted by Crippen LogP contribution is 2.29. The molecule has 0 radical (unpaired) electrons. The van der Waals surface area contributed by atoms with Gasteiger partial charge in [-0.3, -0.25) is 14.6 Å². The maximum absolute atomic E-state index is 13.6. The van der Waals surface area contributed by atoms with E-state index in [4.69, 9.17) is 9.72 Å². The molecule has 1 saturated heterocycles. The van der Waals surface area contributed by atoms with E-state index in [9.17, 15) is 19.1 Å². The van der Waals surface area contributed by atoms with E-state index >= 15 is 0 Å². The second kappa shape index (κ2) is 10.8. The zero-order valence-electron chi connectivity index (χ0n) is 19.8. The van der Waals surface area contributed by atoms with Crippen molar-refractivity contribution >= 4 is 11.9 Å². The fourth-order valence-electron chi connectivity index (χ4n) is 4.34. The molecule has 1 aromatic carbocycles. The van der Waals surface area contributed by atoms with Crippen molar-refractivity contribution in [1.29, 1.82) is 0 Å². The number of aliphatic hydroxyl groups is 1. The molecule has 8 nitrogen and oxygen atoms in total. The average molecular weight is 481 g/mol. The van der Waals surface area contributed by atoms with E-state index in [2.05, 4.69) is 10.3 Å². The number of esters is 1. The van der Waals surface area contributed by atoms with E-state index in [1.54, 1.807) is 30.6 Å². The minimum atomic E-state index is -0.723. The molecule has 2 N–H and O–H groups in total. The third-order valence-corrected chi connectivity index (χ3v) is 5.96. The number of hydrogen-bond donors (Lipinski definition) is 2. The van der Waals surface area contributed by atoms with Gasteiger partial charge in [-0.1, -0.05) is 19.9 Å².